The number of nitrogens with one attached hydrogen (secondary N) is 6. The second-order valence-corrected chi connectivity index (χ2v) is 23.7. The van der Waals surface area contributed by atoms with Crippen molar-refractivity contribution < 1.29 is 138 Å². The van der Waals surface area contributed by atoms with Gasteiger partial charge in [-0.15, -0.1) is 0 Å². The molecule has 0 aromatic carbocycles. The first-order valence-electron chi connectivity index (χ1n) is 33.9. The molecule has 18 N–H and O–H groups in total. The lowest BCUT2D eigenvalue weighted by atomic mass is 10.0. The van der Waals surface area contributed by atoms with Gasteiger partial charge < -0.3 is 141 Å². The molecule has 4 aliphatic heterocycles. The zero-order valence-corrected chi connectivity index (χ0v) is 57.7. The lowest BCUT2D eigenvalue weighted by Crippen LogP contribution is -2.57. The van der Waals surface area contributed by atoms with E-state index in [1.807, 2.05) is 27.7 Å². The highest BCUT2D eigenvalue weighted by atomic mass is 16.7. The molecule has 20 atom stereocenters. The number of nitrogens with zero attached hydrogens (tertiary/aromatic N) is 2. The number of carbonyl (C=O) groups excluding carboxylic acids is 8. The number of carbonyl (C=O) groups is 8. The Kier molecular flexibility index (Phi) is 44.3. The van der Waals surface area contributed by atoms with Gasteiger partial charge in [0.2, 0.25) is 47.3 Å². The van der Waals surface area contributed by atoms with Crippen molar-refractivity contribution >= 4 is 47.3 Å². The Labute approximate surface area is 572 Å². The van der Waals surface area contributed by atoms with Crippen molar-refractivity contribution in [2.45, 2.75) is 255 Å². The number of aliphatic hydroxyl groups excluding tert-OH is 12. The van der Waals surface area contributed by atoms with Crippen molar-refractivity contribution in [3.63, 3.8) is 0 Å². The van der Waals surface area contributed by atoms with Crippen molar-refractivity contribution in [1.29, 1.82) is 0 Å². The second-order valence-electron chi connectivity index (χ2n) is 23.7. The third-order valence-corrected chi connectivity index (χ3v) is 16.0. The molecule has 4 aliphatic rings. The molecule has 0 radical (unpaired) electrons. The summed E-state index contributed by atoms with van der Waals surface area (Å²) in [6, 6.07) is 0. The van der Waals surface area contributed by atoms with E-state index in [-0.39, 0.29) is 154 Å². The molecular formula is C62H114N8O28. The molecule has 36 heteroatoms. The molecule has 0 aromatic rings. The second kappa shape index (κ2) is 48.7. The van der Waals surface area contributed by atoms with Crippen LogP contribution in [0.25, 0.3) is 0 Å². The monoisotopic (exact) mass is 1420 g/mol. The van der Waals surface area contributed by atoms with Crippen molar-refractivity contribution in [3.05, 3.63) is 0 Å². The molecule has 0 saturated carbocycles. The molecule has 0 unspecified atom stereocenters. The van der Waals surface area contributed by atoms with Crippen LogP contribution in [0.2, 0.25) is 0 Å². The van der Waals surface area contributed by atoms with E-state index in [1.54, 1.807) is 0 Å². The summed E-state index contributed by atoms with van der Waals surface area (Å²) < 4.78 is 43.0. The lowest BCUT2D eigenvalue weighted by molar-refractivity contribution is -0.292. The van der Waals surface area contributed by atoms with Gasteiger partial charge in [0, 0.05) is 117 Å². The number of hydrogen-bond donors (Lipinski definition) is 18. The smallest absolute Gasteiger partial charge is 0.222 e. The summed E-state index contributed by atoms with van der Waals surface area (Å²) in [6.45, 7) is 14.7. The highest BCUT2D eigenvalue weighted by Gasteiger charge is 2.45. The van der Waals surface area contributed by atoms with Crippen molar-refractivity contribution in [3.8, 4) is 0 Å². The first kappa shape index (κ1) is 89.0. The van der Waals surface area contributed by atoms with Gasteiger partial charge in [0.05, 0.1) is 50.8 Å². The van der Waals surface area contributed by atoms with Gasteiger partial charge in [-0.1, -0.05) is 13.8 Å². The van der Waals surface area contributed by atoms with Crippen LogP contribution in [-0.4, -0.2) is 333 Å². The molecule has 0 aromatic heterocycles. The van der Waals surface area contributed by atoms with E-state index in [4.69, 9.17) is 37.9 Å². The minimum atomic E-state index is -1.47. The highest BCUT2D eigenvalue weighted by molar-refractivity contribution is 5.82. The summed E-state index contributed by atoms with van der Waals surface area (Å²) in [5.41, 5.74) is 0. The third kappa shape index (κ3) is 32.3. The Hall–Kier alpha value is -5.04. The van der Waals surface area contributed by atoms with Crippen LogP contribution >= 0.6 is 0 Å². The highest BCUT2D eigenvalue weighted by Crippen LogP contribution is 2.25. The molecule has 4 rings (SSSR count). The van der Waals surface area contributed by atoms with Crippen LogP contribution in [0.3, 0.4) is 0 Å². The molecular weight excluding hydrogens is 1300 g/mol. The molecule has 36 nitrogen and oxygen atoms in total. The van der Waals surface area contributed by atoms with Crippen LogP contribution in [-0.2, 0) is 76.3 Å². The van der Waals surface area contributed by atoms with Gasteiger partial charge in [0.1, 0.15) is 73.2 Å². The van der Waals surface area contributed by atoms with Crippen molar-refractivity contribution in [2.24, 2.45) is 0 Å². The Morgan fingerprint density at radius 1 is 0.306 bits per heavy atom. The van der Waals surface area contributed by atoms with Crippen LogP contribution < -0.4 is 31.9 Å². The van der Waals surface area contributed by atoms with Gasteiger partial charge in [0.25, 0.3) is 0 Å². The van der Waals surface area contributed by atoms with E-state index in [0.29, 0.717) is 38.8 Å². The predicted octanol–water partition coefficient (Wildman–Crippen LogP) is -6.55. The lowest BCUT2D eigenvalue weighted by Gasteiger charge is -2.38. The molecule has 4 heterocycles. The Balaban J connectivity index is 0.000000650. The number of unbranched alkanes of at least 4 members (excludes halogenated alkanes) is 2. The summed E-state index contributed by atoms with van der Waals surface area (Å²) in [4.78, 5) is 102. The maximum absolute atomic E-state index is 13.0. The normalized spacial score (nSPS) is 29.8. The summed E-state index contributed by atoms with van der Waals surface area (Å²) in [7, 11) is 0. The van der Waals surface area contributed by atoms with E-state index < -0.39 is 146 Å². The Bertz CT molecular complexity index is 2060. The van der Waals surface area contributed by atoms with Gasteiger partial charge in [-0.3, -0.25) is 38.4 Å². The molecule has 4 saturated heterocycles. The molecule has 0 aliphatic carbocycles. The van der Waals surface area contributed by atoms with Crippen LogP contribution in [0.15, 0.2) is 0 Å². The van der Waals surface area contributed by atoms with E-state index in [9.17, 15) is 99.6 Å². The summed E-state index contributed by atoms with van der Waals surface area (Å²) in [5.74, 6) is -2.38. The Morgan fingerprint density at radius 2 is 0.510 bits per heavy atom. The largest absolute Gasteiger partial charge is 0.388 e. The fourth-order valence-corrected chi connectivity index (χ4v) is 10.1. The van der Waals surface area contributed by atoms with E-state index in [0.717, 1.165) is 0 Å². The van der Waals surface area contributed by atoms with Gasteiger partial charge in [-0.25, -0.2) is 0 Å². The zero-order valence-electron chi connectivity index (χ0n) is 57.7. The van der Waals surface area contributed by atoms with Crippen LogP contribution in [0, 0.1) is 0 Å². The molecule has 0 spiro atoms. The topological polar surface area (TPSA) is 532 Å². The van der Waals surface area contributed by atoms with E-state index >= 15 is 0 Å². The number of aliphatic hydroxyl groups is 12. The summed E-state index contributed by atoms with van der Waals surface area (Å²) in [5, 5.41) is 135. The summed E-state index contributed by atoms with van der Waals surface area (Å²) >= 11 is 0. The molecule has 98 heavy (non-hydrogen) atoms. The van der Waals surface area contributed by atoms with Crippen LogP contribution in [0.1, 0.15) is 132 Å². The first-order chi connectivity index (χ1) is 46.5. The van der Waals surface area contributed by atoms with Crippen molar-refractivity contribution in [1.82, 2.24) is 41.7 Å². The minimum absolute atomic E-state index is 0.0214. The van der Waals surface area contributed by atoms with Crippen molar-refractivity contribution in [2.75, 3.05) is 91.9 Å². The minimum Gasteiger partial charge on any atom is -0.388 e. The molecule has 8 amide bonds. The maximum Gasteiger partial charge on any atom is 0.222 e. The van der Waals surface area contributed by atoms with Gasteiger partial charge in [-0.05, 0) is 67.2 Å². The standard InChI is InChI=1S/2C30H54N4O14.C2H6/c2*1-4-31-19(35)7-5-6-8-22(38)34(13-9-20(36)32-11-15-45-29-27(43)25(41)23(39)17(2)47-29)14-10-21(37)33-12-16-46-30-28(44)26(42)24(40)18(3)48-30;1-2/h2*17-18,23-30,39-44H,4-16H2,1-3H3,(H,31,35)(H,32,36)(H,33,37);1-2H3/t2*17-,18-,23+,24+,25+,26+,27-,28-,29+,30+;/m00./s1. The zero-order chi connectivity index (χ0) is 73.6. The van der Waals surface area contributed by atoms with Crippen LogP contribution in [0.5, 0.6) is 0 Å². The quantitative estimate of drug-likeness (QED) is 0.0254. The number of ether oxygens (including phenoxy) is 8. The molecule has 0 bridgehead atoms. The summed E-state index contributed by atoms with van der Waals surface area (Å²) in [6.07, 6.45) is -22.2. The maximum atomic E-state index is 13.0. The predicted molar refractivity (Wildman–Crippen MR) is 343 cm³/mol. The average molecular weight is 1420 g/mol. The van der Waals surface area contributed by atoms with Gasteiger partial charge >= 0.3 is 0 Å². The molecule has 570 valence electrons. The number of hydrogen-bond acceptors (Lipinski definition) is 28. The van der Waals surface area contributed by atoms with Gasteiger partial charge in [0.15, 0.2) is 25.2 Å². The first-order valence-corrected chi connectivity index (χ1v) is 33.9. The Morgan fingerprint density at radius 3 is 0.724 bits per heavy atom. The fourth-order valence-electron chi connectivity index (χ4n) is 10.1. The van der Waals surface area contributed by atoms with Crippen LogP contribution in [0.4, 0.5) is 0 Å². The number of amides is 8. The fraction of sp³-hybridized carbons (Fsp3) is 0.871. The van der Waals surface area contributed by atoms with E-state index in [1.165, 1.54) is 37.5 Å². The van der Waals surface area contributed by atoms with E-state index in [2.05, 4.69) is 31.9 Å². The number of rotatable bonds is 40. The van der Waals surface area contributed by atoms with Gasteiger partial charge in [-0.2, -0.15) is 0 Å². The average Bonchev–Trinajstić information content (AvgIpc) is 0.851. The SMILES string of the molecule is CC.CCNC(=O)CCCCC(=O)N(CCC(=O)NCCO[C@@H]1O[C@@H](C)[C@@H](O)[C@@H](O)[C@@H]1O)CCC(=O)NCCO[C@@H]1O[C@@H](C)[C@@H](O)[C@@H](O)[C@@H]1O.CCNC(=O)CCCCC(=O)N(CCC(=O)NCCO[C@@H]1O[C@@H](C)[C@@H](O)[C@@H](O)[C@@H]1O)CCC(=O)NCCO[C@@H]1O[C@@H](C)[C@@H](O)[C@@H](O)[C@@H]1O. The molecule has 4 fully saturated rings. The third-order valence-electron chi connectivity index (χ3n) is 16.0.